The van der Waals surface area contributed by atoms with Crippen LogP contribution in [0.5, 0.6) is 0 Å². The quantitative estimate of drug-likeness (QED) is 0.0979. The highest BCUT2D eigenvalue weighted by Crippen LogP contribution is 2.51. The maximum Gasteiger partial charge on any atom is 0.328 e. The number of nitrogens with zero attached hydrogens (tertiary/aromatic N) is 4. The normalized spacial score (nSPS) is 18.9. The van der Waals surface area contributed by atoms with Crippen molar-refractivity contribution in [1.82, 2.24) is 14.8 Å². The molecule has 0 unspecified atom stereocenters. The Labute approximate surface area is 276 Å². The van der Waals surface area contributed by atoms with Crippen molar-refractivity contribution in [3.63, 3.8) is 0 Å². The minimum absolute atomic E-state index is 0.0930. The van der Waals surface area contributed by atoms with Crippen LogP contribution in [0.2, 0.25) is 0 Å². The molecule has 47 heavy (non-hydrogen) atoms. The topological polar surface area (TPSA) is 123 Å². The summed E-state index contributed by atoms with van der Waals surface area (Å²) in [5.74, 6) is -2.57. The first-order chi connectivity index (χ1) is 22.7. The molecule has 3 aromatic rings. The zero-order chi connectivity index (χ0) is 33.8. The SMILES string of the molecule is C=CCC(CC=C)[C@@H](SC1COC(/C=C/C=C/c2ccc(C#N)cc2F)OC1)[C@@](Cn1cncn1)(OP(O)O)c1ccc(F)cc1F. The third-order valence-corrected chi connectivity index (χ3v) is 9.54. The maximum absolute atomic E-state index is 15.7. The lowest BCUT2D eigenvalue weighted by Crippen LogP contribution is -2.49. The van der Waals surface area contributed by atoms with Crippen LogP contribution in [-0.2, 0) is 26.1 Å². The summed E-state index contributed by atoms with van der Waals surface area (Å²) in [6.07, 6.45) is 12.7. The predicted molar refractivity (Wildman–Crippen MR) is 174 cm³/mol. The van der Waals surface area contributed by atoms with Crippen molar-refractivity contribution in [3.05, 3.63) is 127 Å². The van der Waals surface area contributed by atoms with Crippen molar-refractivity contribution in [3.8, 4) is 6.07 Å². The van der Waals surface area contributed by atoms with Crippen LogP contribution < -0.4 is 0 Å². The van der Waals surface area contributed by atoms with Crippen molar-refractivity contribution >= 4 is 26.4 Å². The highest BCUT2D eigenvalue weighted by molar-refractivity contribution is 8.00. The van der Waals surface area contributed by atoms with Gasteiger partial charge in [0.25, 0.3) is 0 Å². The molecule has 248 valence electrons. The molecule has 0 radical (unpaired) electrons. The van der Waals surface area contributed by atoms with E-state index in [0.717, 1.165) is 18.2 Å². The van der Waals surface area contributed by atoms with E-state index in [2.05, 4.69) is 23.2 Å². The van der Waals surface area contributed by atoms with Gasteiger partial charge in [-0.25, -0.2) is 22.8 Å². The lowest BCUT2D eigenvalue weighted by molar-refractivity contribution is -0.146. The molecular formula is C33H34F3N4O5PS. The minimum atomic E-state index is -3.05. The van der Waals surface area contributed by atoms with Crippen LogP contribution in [-0.4, -0.2) is 54.6 Å². The molecular weight excluding hydrogens is 652 g/mol. The lowest BCUT2D eigenvalue weighted by Gasteiger charge is -2.45. The molecule has 1 aliphatic rings. The molecule has 14 heteroatoms. The number of nitriles is 1. The van der Waals surface area contributed by atoms with Gasteiger partial charge in [-0.15, -0.1) is 24.9 Å². The molecule has 2 atom stereocenters. The number of thioether (sulfide) groups is 1. The Kier molecular flexibility index (Phi) is 13.5. The van der Waals surface area contributed by atoms with Crippen molar-refractivity contribution in [1.29, 1.82) is 5.26 Å². The van der Waals surface area contributed by atoms with Crippen LogP contribution in [0.4, 0.5) is 13.2 Å². The van der Waals surface area contributed by atoms with Crippen LogP contribution in [0.3, 0.4) is 0 Å². The van der Waals surface area contributed by atoms with Gasteiger partial charge in [0.05, 0.1) is 36.6 Å². The first-order valence-corrected chi connectivity index (χ1v) is 16.6. The first-order valence-electron chi connectivity index (χ1n) is 14.5. The molecule has 0 amide bonds. The largest absolute Gasteiger partial charge is 0.348 e. The third kappa shape index (κ3) is 9.72. The van der Waals surface area contributed by atoms with Gasteiger partial charge >= 0.3 is 8.60 Å². The van der Waals surface area contributed by atoms with E-state index in [1.807, 2.05) is 6.07 Å². The number of ether oxygens (including phenoxy) is 2. The molecule has 1 fully saturated rings. The van der Waals surface area contributed by atoms with E-state index in [4.69, 9.17) is 19.3 Å². The maximum atomic E-state index is 15.7. The van der Waals surface area contributed by atoms with E-state index in [1.165, 1.54) is 47.3 Å². The van der Waals surface area contributed by atoms with Gasteiger partial charge in [-0.3, -0.25) is 4.52 Å². The molecule has 9 nitrogen and oxygen atoms in total. The van der Waals surface area contributed by atoms with E-state index in [1.54, 1.807) is 36.5 Å². The fourth-order valence-corrected chi connectivity index (χ4v) is 7.58. The van der Waals surface area contributed by atoms with Gasteiger partial charge in [0.2, 0.25) is 0 Å². The van der Waals surface area contributed by atoms with E-state index in [9.17, 15) is 18.6 Å². The van der Waals surface area contributed by atoms with Crippen LogP contribution >= 0.6 is 20.4 Å². The average Bonchev–Trinajstić information content (AvgIpc) is 3.55. The van der Waals surface area contributed by atoms with Gasteiger partial charge in [0, 0.05) is 22.4 Å². The molecule has 2 aromatic carbocycles. The van der Waals surface area contributed by atoms with Gasteiger partial charge in [-0.1, -0.05) is 42.5 Å². The molecule has 2 heterocycles. The van der Waals surface area contributed by atoms with Crippen molar-refractivity contribution in [2.24, 2.45) is 5.92 Å². The average molecular weight is 687 g/mol. The van der Waals surface area contributed by atoms with E-state index in [-0.39, 0.29) is 42.1 Å². The second kappa shape index (κ2) is 17.5. The number of benzene rings is 2. The Balaban J connectivity index is 1.60. The van der Waals surface area contributed by atoms with E-state index < -0.39 is 43.2 Å². The summed E-state index contributed by atoms with van der Waals surface area (Å²) in [7, 11) is -3.05. The first kappa shape index (κ1) is 36.2. The van der Waals surface area contributed by atoms with Crippen molar-refractivity contribution in [2.45, 2.75) is 41.8 Å². The minimum Gasteiger partial charge on any atom is -0.348 e. The van der Waals surface area contributed by atoms with Gasteiger partial charge < -0.3 is 19.3 Å². The van der Waals surface area contributed by atoms with Crippen LogP contribution in [0, 0.1) is 34.7 Å². The summed E-state index contributed by atoms with van der Waals surface area (Å²) in [5.41, 5.74) is -1.33. The summed E-state index contributed by atoms with van der Waals surface area (Å²) in [5, 5.41) is 12.0. The predicted octanol–water partition coefficient (Wildman–Crippen LogP) is 6.57. The Morgan fingerprint density at radius 2 is 1.85 bits per heavy atom. The Morgan fingerprint density at radius 3 is 2.45 bits per heavy atom. The van der Waals surface area contributed by atoms with Gasteiger partial charge in [0.1, 0.15) is 35.7 Å². The summed E-state index contributed by atoms with van der Waals surface area (Å²) in [6, 6.07) is 9.13. The molecule has 0 aliphatic carbocycles. The fourth-order valence-electron chi connectivity index (χ4n) is 5.31. The van der Waals surface area contributed by atoms with E-state index >= 15 is 4.39 Å². The summed E-state index contributed by atoms with van der Waals surface area (Å²) >= 11 is 1.36. The number of halogens is 3. The summed E-state index contributed by atoms with van der Waals surface area (Å²) in [4.78, 5) is 24.5. The molecule has 1 saturated heterocycles. The number of aromatic nitrogens is 3. The molecule has 2 N–H and O–H groups in total. The molecule has 4 rings (SSSR count). The van der Waals surface area contributed by atoms with Gasteiger partial charge in [0.15, 0.2) is 6.29 Å². The monoisotopic (exact) mass is 686 g/mol. The standard InChI is InChI=1S/C33H34F3N4O5PS/c1-3-7-25(8-4-2)32(33(45-46(41)42,20-40-22-38-21-39-40)28-14-13-26(34)16-30(28)36)47-27-18-43-31(44-19-27)10-6-5-9-24-12-11-23(17-37)15-29(24)35/h3-6,9-16,21-22,25,27,31-32,41-42H,1-2,7-8,18-20H2/b9-5+,10-6+/t27?,31?,32-,33+/m1/s1. The Morgan fingerprint density at radius 1 is 1.11 bits per heavy atom. The summed E-state index contributed by atoms with van der Waals surface area (Å²) in [6.45, 7) is 7.99. The van der Waals surface area contributed by atoms with Crippen molar-refractivity contribution in [2.75, 3.05) is 13.2 Å². The second-order valence-electron chi connectivity index (χ2n) is 10.6. The molecule has 0 bridgehead atoms. The van der Waals surface area contributed by atoms with E-state index in [0.29, 0.717) is 18.4 Å². The number of allylic oxidation sites excluding steroid dienone is 4. The number of hydrogen-bond donors (Lipinski definition) is 2. The molecule has 0 saturated carbocycles. The fraction of sp³-hybridized carbons (Fsp3) is 0.303. The third-order valence-electron chi connectivity index (χ3n) is 7.34. The lowest BCUT2D eigenvalue weighted by atomic mass is 9.80. The Bertz CT molecular complexity index is 1590. The number of rotatable bonds is 16. The molecule has 1 aromatic heterocycles. The smallest absolute Gasteiger partial charge is 0.328 e. The molecule has 1 aliphatic heterocycles. The van der Waals surface area contributed by atoms with Gasteiger partial charge in [-0.05, 0) is 43.0 Å². The van der Waals surface area contributed by atoms with Gasteiger partial charge in [-0.2, -0.15) is 10.4 Å². The number of hydrogen-bond acceptors (Lipinski definition) is 9. The summed E-state index contributed by atoms with van der Waals surface area (Å²) < 4.78 is 63.2. The molecule has 0 spiro atoms. The second-order valence-corrected chi connectivity index (χ2v) is 12.7. The Hall–Kier alpha value is -3.60. The van der Waals surface area contributed by atoms with Crippen LogP contribution in [0.25, 0.3) is 6.08 Å². The van der Waals surface area contributed by atoms with Crippen molar-refractivity contribution < 1.29 is 37.0 Å². The zero-order valence-electron chi connectivity index (χ0n) is 25.2. The highest BCUT2D eigenvalue weighted by Gasteiger charge is 2.50. The van der Waals surface area contributed by atoms with Crippen LogP contribution in [0.1, 0.15) is 29.5 Å². The highest BCUT2D eigenvalue weighted by atomic mass is 32.2. The van der Waals surface area contributed by atoms with Crippen LogP contribution in [0.15, 0.2) is 92.6 Å². The zero-order valence-corrected chi connectivity index (χ0v) is 27.0.